The fourth-order valence-electron chi connectivity index (χ4n) is 2.97. The third kappa shape index (κ3) is 3.44. The molecule has 0 atom stereocenters. The largest absolute Gasteiger partial charge is 0.487 e. The first-order valence-electron chi connectivity index (χ1n) is 8.64. The molecule has 26 heavy (non-hydrogen) atoms. The number of para-hydroxylation sites is 1. The van der Waals surface area contributed by atoms with Crippen molar-refractivity contribution in [1.82, 2.24) is 19.7 Å². The zero-order valence-corrected chi connectivity index (χ0v) is 14.6. The average molecular weight is 348 g/mol. The van der Waals surface area contributed by atoms with E-state index in [0.717, 1.165) is 22.7 Å². The first kappa shape index (κ1) is 16.3. The van der Waals surface area contributed by atoms with E-state index in [1.165, 1.54) is 0 Å². The molecule has 4 rings (SSSR count). The Hall–Kier alpha value is -3.15. The van der Waals surface area contributed by atoms with Crippen LogP contribution in [0.2, 0.25) is 0 Å². The van der Waals surface area contributed by atoms with Crippen LogP contribution in [0.5, 0.6) is 5.75 Å². The summed E-state index contributed by atoms with van der Waals surface area (Å²) in [7, 11) is 0. The fourth-order valence-corrected chi connectivity index (χ4v) is 2.97. The van der Waals surface area contributed by atoms with Gasteiger partial charge in [0.2, 0.25) is 0 Å². The van der Waals surface area contributed by atoms with E-state index in [4.69, 9.17) is 4.74 Å². The summed E-state index contributed by atoms with van der Waals surface area (Å²) in [6, 6.07) is 15.4. The number of fused-ring (bicyclic) bond motifs is 1. The summed E-state index contributed by atoms with van der Waals surface area (Å²) in [6.07, 6.45) is 1.83. The molecule has 1 amide bonds. The number of benzene rings is 1. The van der Waals surface area contributed by atoms with Crippen LogP contribution in [-0.2, 0) is 19.7 Å². The van der Waals surface area contributed by atoms with Crippen molar-refractivity contribution < 1.29 is 9.53 Å². The van der Waals surface area contributed by atoms with E-state index in [0.29, 0.717) is 31.9 Å². The van der Waals surface area contributed by atoms with E-state index in [2.05, 4.69) is 10.1 Å². The Kier molecular flexibility index (Phi) is 4.39. The standard InChI is InChI=1S/C20H20N4O2/c1-15-7-8-16(21-12-15)13-23-9-10-24-19(20(23)25)11-17(22-24)14-26-18-5-3-2-4-6-18/h2-8,11-12H,9-10,13-14H2,1H3. The second-order valence-corrected chi connectivity index (χ2v) is 6.40. The topological polar surface area (TPSA) is 60.2 Å². The molecule has 0 radical (unpaired) electrons. The lowest BCUT2D eigenvalue weighted by Crippen LogP contribution is -2.40. The Labute approximate surface area is 152 Å². The molecule has 6 heteroatoms. The Balaban J connectivity index is 1.44. The van der Waals surface area contributed by atoms with Crippen molar-refractivity contribution in [3.8, 4) is 5.75 Å². The number of aromatic nitrogens is 3. The Morgan fingerprint density at radius 3 is 2.69 bits per heavy atom. The van der Waals surface area contributed by atoms with Gasteiger partial charge in [-0.3, -0.25) is 14.5 Å². The summed E-state index contributed by atoms with van der Waals surface area (Å²) in [5.74, 6) is 0.772. The summed E-state index contributed by atoms with van der Waals surface area (Å²) < 4.78 is 7.50. The van der Waals surface area contributed by atoms with Crippen LogP contribution in [0.15, 0.2) is 54.7 Å². The van der Waals surface area contributed by atoms with Gasteiger partial charge in [-0.05, 0) is 36.8 Å². The maximum Gasteiger partial charge on any atom is 0.272 e. The van der Waals surface area contributed by atoms with Gasteiger partial charge in [0, 0.05) is 12.7 Å². The second-order valence-electron chi connectivity index (χ2n) is 6.40. The van der Waals surface area contributed by atoms with Crippen LogP contribution in [0.25, 0.3) is 0 Å². The highest BCUT2D eigenvalue weighted by Crippen LogP contribution is 2.17. The van der Waals surface area contributed by atoms with Gasteiger partial charge in [0.15, 0.2) is 0 Å². The molecule has 132 valence electrons. The molecule has 0 saturated heterocycles. The third-order valence-electron chi connectivity index (χ3n) is 4.37. The van der Waals surface area contributed by atoms with E-state index in [1.807, 2.05) is 66.6 Å². The van der Waals surface area contributed by atoms with Gasteiger partial charge in [0.05, 0.1) is 18.8 Å². The molecule has 0 saturated carbocycles. The van der Waals surface area contributed by atoms with Crippen LogP contribution < -0.4 is 4.74 Å². The van der Waals surface area contributed by atoms with Crippen LogP contribution in [-0.4, -0.2) is 32.1 Å². The smallest absolute Gasteiger partial charge is 0.272 e. The molecule has 0 N–H and O–H groups in total. The van der Waals surface area contributed by atoms with Crippen LogP contribution in [0.3, 0.4) is 0 Å². The zero-order chi connectivity index (χ0) is 17.9. The number of ether oxygens (including phenoxy) is 1. The van der Waals surface area contributed by atoms with E-state index in [9.17, 15) is 4.79 Å². The third-order valence-corrected chi connectivity index (χ3v) is 4.37. The van der Waals surface area contributed by atoms with Crippen molar-refractivity contribution in [2.24, 2.45) is 0 Å². The number of hydrogen-bond acceptors (Lipinski definition) is 4. The number of rotatable bonds is 5. The maximum absolute atomic E-state index is 12.8. The zero-order valence-electron chi connectivity index (χ0n) is 14.6. The molecule has 1 aliphatic rings. The van der Waals surface area contributed by atoms with Gasteiger partial charge in [0.1, 0.15) is 23.7 Å². The van der Waals surface area contributed by atoms with E-state index < -0.39 is 0 Å². The van der Waals surface area contributed by atoms with E-state index >= 15 is 0 Å². The summed E-state index contributed by atoms with van der Waals surface area (Å²) in [5, 5.41) is 4.50. The van der Waals surface area contributed by atoms with Crippen molar-refractivity contribution in [2.75, 3.05) is 6.54 Å². The fraction of sp³-hybridized carbons (Fsp3) is 0.250. The predicted molar refractivity (Wildman–Crippen MR) is 96.7 cm³/mol. The molecule has 0 bridgehead atoms. The molecular formula is C20H20N4O2. The number of hydrogen-bond donors (Lipinski definition) is 0. The minimum Gasteiger partial charge on any atom is -0.487 e. The quantitative estimate of drug-likeness (QED) is 0.711. The summed E-state index contributed by atoms with van der Waals surface area (Å²) in [4.78, 5) is 19.0. The van der Waals surface area contributed by atoms with Gasteiger partial charge in [-0.25, -0.2) is 0 Å². The molecular weight excluding hydrogens is 328 g/mol. The first-order chi connectivity index (χ1) is 12.7. The van der Waals surface area contributed by atoms with Crippen molar-refractivity contribution in [3.05, 3.63) is 77.4 Å². The normalized spacial score (nSPS) is 13.6. The lowest BCUT2D eigenvalue weighted by Gasteiger charge is -2.27. The Morgan fingerprint density at radius 1 is 1.08 bits per heavy atom. The number of pyridine rings is 1. The summed E-state index contributed by atoms with van der Waals surface area (Å²) >= 11 is 0. The van der Waals surface area contributed by atoms with Gasteiger partial charge in [-0.15, -0.1) is 0 Å². The SMILES string of the molecule is Cc1ccc(CN2CCn3nc(COc4ccccc4)cc3C2=O)nc1. The van der Waals surface area contributed by atoms with Gasteiger partial charge in [0.25, 0.3) is 5.91 Å². The summed E-state index contributed by atoms with van der Waals surface area (Å²) in [6.45, 7) is 4.16. The maximum atomic E-state index is 12.8. The highest BCUT2D eigenvalue weighted by atomic mass is 16.5. The number of nitrogens with zero attached hydrogens (tertiary/aromatic N) is 4. The molecule has 3 heterocycles. The van der Waals surface area contributed by atoms with Crippen molar-refractivity contribution in [2.45, 2.75) is 26.6 Å². The Morgan fingerprint density at radius 2 is 1.92 bits per heavy atom. The van der Waals surface area contributed by atoms with Crippen LogP contribution >= 0.6 is 0 Å². The minimum absolute atomic E-state index is 0.0166. The van der Waals surface area contributed by atoms with Gasteiger partial charge in [-0.2, -0.15) is 5.10 Å². The summed E-state index contributed by atoms with van der Waals surface area (Å²) in [5.41, 5.74) is 3.37. The molecule has 6 nitrogen and oxygen atoms in total. The van der Waals surface area contributed by atoms with Crippen molar-refractivity contribution in [3.63, 3.8) is 0 Å². The molecule has 2 aromatic heterocycles. The molecule has 1 aliphatic heterocycles. The van der Waals surface area contributed by atoms with Crippen LogP contribution in [0, 0.1) is 6.92 Å². The molecule has 0 fully saturated rings. The number of carbonyl (C=O) groups excluding carboxylic acids is 1. The predicted octanol–water partition coefficient (Wildman–Crippen LogP) is 2.82. The van der Waals surface area contributed by atoms with E-state index in [1.54, 1.807) is 4.68 Å². The molecule has 1 aromatic carbocycles. The van der Waals surface area contributed by atoms with Crippen LogP contribution in [0.4, 0.5) is 0 Å². The highest BCUT2D eigenvalue weighted by molar-refractivity contribution is 5.93. The minimum atomic E-state index is -0.0166. The molecule has 0 aliphatic carbocycles. The number of carbonyl (C=O) groups is 1. The second kappa shape index (κ2) is 7.00. The average Bonchev–Trinajstić information content (AvgIpc) is 3.09. The van der Waals surface area contributed by atoms with Gasteiger partial charge >= 0.3 is 0 Å². The number of amides is 1. The first-order valence-corrected chi connectivity index (χ1v) is 8.64. The molecule has 0 spiro atoms. The van der Waals surface area contributed by atoms with Crippen molar-refractivity contribution >= 4 is 5.91 Å². The monoisotopic (exact) mass is 348 g/mol. The highest BCUT2D eigenvalue weighted by Gasteiger charge is 2.26. The van der Waals surface area contributed by atoms with Gasteiger partial charge in [-0.1, -0.05) is 24.3 Å². The van der Waals surface area contributed by atoms with Crippen molar-refractivity contribution in [1.29, 1.82) is 0 Å². The lowest BCUT2D eigenvalue weighted by atomic mass is 10.2. The van der Waals surface area contributed by atoms with Gasteiger partial charge < -0.3 is 9.64 Å². The lowest BCUT2D eigenvalue weighted by molar-refractivity contribution is 0.0681. The van der Waals surface area contributed by atoms with E-state index in [-0.39, 0.29) is 5.91 Å². The number of aryl methyl sites for hydroxylation is 1. The molecule has 0 unspecified atom stereocenters. The van der Waals surface area contributed by atoms with Crippen LogP contribution in [0.1, 0.15) is 27.4 Å². The Bertz CT molecular complexity index is 903. The molecule has 3 aromatic rings.